The van der Waals surface area contributed by atoms with Crippen molar-refractivity contribution in [1.29, 1.82) is 0 Å². The van der Waals surface area contributed by atoms with Gasteiger partial charge in [0.2, 0.25) is 0 Å². The summed E-state index contributed by atoms with van der Waals surface area (Å²) in [5.74, 6) is -0.489. The molecule has 4 rings (SSSR count). The van der Waals surface area contributed by atoms with Crippen LogP contribution in [-0.4, -0.2) is 59.2 Å². The molecular formula is C51H85NO6. The molecule has 0 aromatic carbocycles. The van der Waals surface area contributed by atoms with Gasteiger partial charge in [-0.25, -0.2) is 0 Å². The number of ether oxygens (including phenoxy) is 3. The van der Waals surface area contributed by atoms with Crippen molar-refractivity contribution in [3.05, 3.63) is 48.6 Å². The van der Waals surface area contributed by atoms with Crippen molar-refractivity contribution in [2.45, 2.75) is 231 Å². The van der Waals surface area contributed by atoms with Crippen LogP contribution in [-0.2, 0) is 28.6 Å². The van der Waals surface area contributed by atoms with Crippen LogP contribution in [0.3, 0.4) is 0 Å². The lowest BCUT2D eigenvalue weighted by Gasteiger charge is -2.39. The summed E-state index contributed by atoms with van der Waals surface area (Å²) in [5.41, 5.74) is -2.61. The quantitative estimate of drug-likeness (QED) is 0.0273. The van der Waals surface area contributed by atoms with Gasteiger partial charge in [-0.1, -0.05) is 141 Å². The Kier molecular flexibility index (Phi) is 24.6. The van der Waals surface area contributed by atoms with Crippen molar-refractivity contribution < 1.29 is 28.6 Å². The van der Waals surface area contributed by atoms with Gasteiger partial charge in [-0.05, 0) is 115 Å². The lowest BCUT2D eigenvalue weighted by molar-refractivity contribution is -0.199. The number of likely N-dealkylation sites (N-methyl/N-ethyl adjacent to an activating group) is 1. The zero-order valence-corrected chi connectivity index (χ0v) is 37.7. The summed E-state index contributed by atoms with van der Waals surface area (Å²) in [7, 11) is 0. The van der Waals surface area contributed by atoms with Gasteiger partial charge in [0, 0.05) is 25.7 Å². The zero-order chi connectivity index (χ0) is 41.8. The number of carbonyl (C=O) groups is 3. The Morgan fingerprint density at radius 1 is 0.483 bits per heavy atom. The van der Waals surface area contributed by atoms with Crippen LogP contribution in [0.5, 0.6) is 0 Å². The van der Waals surface area contributed by atoms with Crippen molar-refractivity contribution >= 4 is 17.9 Å². The van der Waals surface area contributed by atoms with Crippen LogP contribution in [0.2, 0.25) is 0 Å². The first kappa shape index (κ1) is 49.7. The summed E-state index contributed by atoms with van der Waals surface area (Å²) in [6.07, 6.45) is 46.9. The van der Waals surface area contributed by atoms with Gasteiger partial charge in [0.25, 0.3) is 0 Å². The molecule has 4 aliphatic carbocycles. The number of nitrogens with zero attached hydrogens (tertiary/aromatic N) is 1. The van der Waals surface area contributed by atoms with Crippen LogP contribution >= 0.6 is 0 Å². The molecule has 7 nitrogen and oxygen atoms in total. The van der Waals surface area contributed by atoms with Gasteiger partial charge < -0.3 is 14.2 Å². The molecular weight excluding hydrogens is 723 g/mol. The van der Waals surface area contributed by atoms with E-state index >= 15 is 0 Å². The van der Waals surface area contributed by atoms with E-state index in [9.17, 15) is 14.4 Å². The third kappa shape index (κ3) is 17.9. The number of rotatable bonds is 35. The Labute approximate surface area is 355 Å². The Morgan fingerprint density at radius 3 is 1.33 bits per heavy atom. The molecule has 0 saturated heterocycles. The van der Waals surface area contributed by atoms with Gasteiger partial charge in [0.05, 0.1) is 6.54 Å². The van der Waals surface area contributed by atoms with Gasteiger partial charge in [0.15, 0.2) is 11.2 Å². The van der Waals surface area contributed by atoms with E-state index in [1.807, 2.05) is 18.7 Å². The van der Waals surface area contributed by atoms with Gasteiger partial charge >= 0.3 is 17.9 Å². The number of hydrogen-bond donors (Lipinski definition) is 0. The summed E-state index contributed by atoms with van der Waals surface area (Å²) < 4.78 is 19.2. The molecule has 4 fully saturated rings. The van der Waals surface area contributed by atoms with E-state index in [0.717, 1.165) is 90.1 Å². The van der Waals surface area contributed by atoms with E-state index in [4.69, 9.17) is 14.2 Å². The Morgan fingerprint density at radius 2 is 0.879 bits per heavy atom. The lowest BCUT2D eigenvalue weighted by Crippen LogP contribution is -2.52. The Balaban J connectivity index is 1.42. The number of esters is 3. The first-order valence-electron chi connectivity index (χ1n) is 24.2. The summed E-state index contributed by atoms with van der Waals surface area (Å²) >= 11 is 0. The summed E-state index contributed by atoms with van der Waals surface area (Å²) in [5, 5.41) is 0. The van der Waals surface area contributed by atoms with Crippen molar-refractivity contribution in [1.82, 2.24) is 4.90 Å². The SMILES string of the molecule is CCCCC/C=C\C/C=C\CCCCCCCC(=O)OC12CC3CC(OC(=O)CCCCCCC/C=C\C/C=C\CCCCC)(C1)C(OC(=O)CN(CC)CC)(C3)C2. The first-order chi connectivity index (χ1) is 28.2. The average molecular weight is 808 g/mol. The highest BCUT2D eigenvalue weighted by atomic mass is 16.6. The van der Waals surface area contributed by atoms with Crippen LogP contribution in [0.4, 0.5) is 0 Å². The largest absolute Gasteiger partial charge is 0.459 e. The Bertz CT molecular complexity index is 1280. The van der Waals surface area contributed by atoms with E-state index in [0.29, 0.717) is 38.5 Å². The number of hydrogen-bond acceptors (Lipinski definition) is 7. The van der Waals surface area contributed by atoms with Crippen LogP contribution in [0.15, 0.2) is 48.6 Å². The standard InChI is InChI=1S/C51H85NO6/c1-5-9-11-13-15-17-19-21-23-25-27-29-31-33-35-37-46(53)56-49-39-45-40-50(43-49,51(41-45,44-49)58-48(55)42-52(7-3)8-4)57-47(54)38-36-34-32-30-28-26-24-22-20-18-16-14-12-10-6-2/h15-18,21-24,45H,5-14,19-20,25-44H2,1-4H3/b17-15-,18-16-,23-21-,24-22-. The maximum atomic E-state index is 13.5. The average Bonchev–Trinajstić information content (AvgIpc) is 3.50. The molecule has 0 aromatic rings. The molecule has 0 N–H and O–H groups in total. The second-order valence-electron chi connectivity index (χ2n) is 17.8. The van der Waals surface area contributed by atoms with Gasteiger partial charge in [-0.2, -0.15) is 0 Å². The van der Waals surface area contributed by atoms with Gasteiger partial charge in [0.1, 0.15) is 5.60 Å². The van der Waals surface area contributed by atoms with E-state index in [1.165, 1.54) is 70.6 Å². The lowest BCUT2D eigenvalue weighted by atomic mass is 9.77. The number of carbonyl (C=O) groups excluding carboxylic acids is 3. The normalized spacial score (nSPS) is 23.8. The topological polar surface area (TPSA) is 82.1 Å². The van der Waals surface area contributed by atoms with Crippen LogP contribution in [0.1, 0.15) is 214 Å². The summed E-state index contributed by atoms with van der Waals surface area (Å²) in [6, 6.07) is 0. The first-order valence-corrected chi connectivity index (χ1v) is 24.2. The molecule has 0 radical (unpaired) electrons. The molecule has 0 aliphatic heterocycles. The van der Waals surface area contributed by atoms with E-state index in [2.05, 4.69) is 62.5 Å². The van der Waals surface area contributed by atoms with Crippen molar-refractivity contribution in [3.63, 3.8) is 0 Å². The van der Waals surface area contributed by atoms with Gasteiger partial charge in [-0.3, -0.25) is 19.3 Å². The fourth-order valence-electron chi connectivity index (χ4n) is 9.82. The molecule has 330 valence electrons. The van der Waals surface area contributed by atoms with Gasteiger partial charge in [-0.15, -0.1) is 0 Å². The molecule has 58 heavy (non-hydrogen) atoms. The molecule has 4 saturated carbocycles. The smallest absolute Gasteiger partial charge is 0.320 e. The third-order valence-corrected chi connectivity index (χ3v) is 12.8. The highest BCUT2D eigenvalue weighted by Gasteiger charge is 2.77. The maximum Gasteiger partial charge on any atom is 0.320 e. The fourth-order valence-corrected chi connectivity index (χ4v) is 9.82. The zero-order valence-electron chi connectivity index (χ0n) is 37.7. The summed E-state index contributed by atoms with van der Waals surface area (Å²) in [4.78, 5) is 42.3. The second kappa shape index (κ2) is 28.7. The number of unbranched alkanes of at least 4 members (excludes halogenated alkanes) is 16. The minimum absolute atomic E-state index is 0.177. The summed E-state index contributed by atoms with van der Waals surface area (Å²) in [6.45, 7) is 10.3. The van der Waals surface area contributed by atoms with Crippen molar-refractivity contribution in [3.8, 4) is 0 Å². The van der Waals surface area contributed by atoms with E-state index in [1.54, 1.807) is 0 Å². The molecule has 0 amide bonds. The highest BCUT2D eigenvalue weighted by molar-refractivity contribution is 5.74. The molecule has 7 heteroatoms. The highest BCUT2D eigenvalue weighted by Crippen LogP contribution is 2.68. The minimum Gasteiger partial charge on any atom is -0.459 e. The Hall–Kier alpha value is -2.67. The molecule has 4 unspecified atom stereocenters. The molecule has 4 aliphatic rings. The third-order valence-electron chi connectivity index (χ3n) is 12.8. The van der Waals surface area contributed by atoms with Crippen LogP contribution in [0.25, 0.3) is 0 Å². The van der Waals surface area contributed by atoms with Crippen molar-refractivity contribution in [2.75, 3.05) is 19.6 Å². The van der Waals surface area contributed by atoms with E-state index < -0.39 is 16.8 Å². The monoisotopic (exact) mass is 808 g/mol. The fraction of sp³-hybridized carbons (Fsp3) is 0.784. The maximum absolute atomic E-state index is 13.5. The molecule has 4 bridgehead atoms. The van der Waals surface area contributed by atoms with Crippen LogP contribution in [0, 0.1) is 5.92 Å². The molecule has 0 aromatic heterocycles. The van der Waals surface area contributed by atoms with Crippen LogP contribution < -0.4 is 0 Å². The molecule has 0 spiro atoms. The molecule has 4 atom stereocenters. The predicted molar refractivity (Wildman–Crippen MR) is 240 cm³/mol. The second-order valence-corrected chi connectivity index (χ2v) is 17.8. The molecule has 0 heterocycles. The number of allylic oxidation sites excluding steroid dienone is 8. The van der Waals surface area contributed by atoms with Crippen molar-refractivity contribution in [2.24, 2.45) is 5.92 Å². The predicted octanol–water partition coefficient (Wildman–Crippen LogP) is 13.4. The minimum atomic E-state index is -0.937. The van der Waals surface area contributed by atoms with E-state index in [-0.39, 0.29) is 30.4 Å².